The van der Waals surface area contributed by atoms with Crippen LogP contribution in [-0.2, 0) is 11.3 Å². The van der Waals surface area contributed by atoms with Crippen molar-refractivity contribution in [2.45, 2.75) is 33.2 Å². The maximum atomic E-state index is 11.8. The molecule has 1 aliphatic heterocycles. The minimum Gasteiger partial charge on any atom is -0.494 e. The van der Waals surface area contributed by atoms with E-state index in [4.69, 9.17) is 4.74 Å². The first-order chi connectivity index (χ1) is 10.1. The average molecular weight is 290 g/mol. The van der Waals surface area contributed by atoms with Gasteiger partial charge < -0.3 is 9.64 Å². The lowest BCUT2D eigenvalue weighted by Crippen LogP contribution is -2.53. The van der Waals surface area contributed by atoms with Gasteiger partial charge in [-0.3, -0.25) is 10.1 Å². The number of hydrogen-bond donors (Lipinski definition) is 1. The van der Waals surface area contributed by atoms with Crippen LogP contribution in [0.4, 0.5) is 4.79 Å². The Bertz CT molecular complexity index is 499. The number of hydrogen-bond acceptors (Lipinski definition) is 3. The van der Waals surface area contributed by atoms with Gasteiger partial charge in [0.05, 0.1) is 12.5 Å². The summed E-state index contributed by atoms with van der Waals surface area (Å²) in [5.41, 5.74) is 1.02. The molecule has 3 amide bonds. The summed E-state index contributed by atoms with van der Waals surface area (Å²) in [7, 11) is 0. The summed E-state index contributed by atoms with van der Waals surface area (Å²) >= 11 is 0. The van der Waals surface area contributed by atoms with Gasteiger partial charge >= 0.3 is 6.03 Å². The SMILES string of the molecule is CCCCOc1ccc(CN2CC(C)C(=O)NC2=O)cc1. The second kappa shape index (κ2) is 7.11. The minimum absolute atomic E-state index is 0.167. The number of urea groups is 1. The number of nitrogens with zero attached hydrogens (tertiary/aromatic N) is 1. The first-order valence-corrected chi connectivity index (χ1v) is 7.41. The van der Waals surface area contributed by atoms with Gasteiger partial charge in [0.15, 0.2) is 0 Å². The van der Waals surface area contributed by atoms with Crippen LogP contribution in [-0.4, -0.2) is 30.0 Å². The van der Waals surface area contributed by atoms with Crippen molar-refractivity contribution in [3.05, 3.63) is 29.8 Å². The maximum absolute atomic E-state index is 11.8. The molecule has 1 heterocycles. The Morgan fingerprint density at radius 1 is 1.29 bits per heavy atom. The molecule has 1 fully saturated rings. The number of carbonyl (C=O) groups is 2. The summed E-state index contributed by atoms with van der Waals surface area (Å²) < 4.78 is 5.61. The quantitative estimate of drug-likeness (QED) is 0.819. The predicted molar refractivity (Wildman–Crippen MR) is 80.0 cm³/mol. The molecule has 5 nitrogen and oxygen atoms in total. The molecule has 1 aliphatic rings. The van der Waals surface area contributed by atoms with Gasteiger partial charge in [0.2, 0.25) is 5.91 Å². The summed E-state index contributed by atoms with van der Waals surface area (Å²) in [5, 5.41) is 2.37. The standard InChI is InChI=1S/C16H22N2O3/c1-3-4-9-21-14-7-5-13(6-8-14)11-18-10-12(2)15(19)17-16(18)20/h5-8,12H,3-4,9-11H2,1-2H3,(H,17,19,20). The lowest BCUT2D eigenvalue weighted by atomic mass is 10.1. The number of nitrogens with one attached hydrogen (secondary N) is 1. The zero-order valence-electron chi connectivity index (χ0n) is 12.6. The van der Waals surface area contributed by atoms with Crippen LogP contribution in [0.15, 0.2) is 24.3 Å². The number of ether oxygens (including phenoxy) is 1. The third-order valence-electron chi connectivity index (χ3n) is 3.52. The van der Waals surface area contributed by atoms with Gasteiger partial charge in [-0.15, -0.1) is 0 Å². The highest BCUT2D eigenvalue weighted by Crippen LogP contribution is 2.16. The van der Waals surface area contributed by atoms with Crippen molar-refractivity contribution in [1.29, 1.82) is 0 Å². The molecule has 5 heteroatoms. The Hall–Kier alpha value is -2.04. The van der Waals surface area contributed by atoms with E-state index in [0.717, 1.165) is 30.8 Å². The summed E-state index contributed by atoms with van der Waals surface area (Å²) in [4.78, 5) is 24.8. The third kappa shape index (κ3) is 4.21. The lowest BCUT2D eigenvalue weighted by molar-refractivity contribution is -0.125. The molecule has 114 valence electrons. The molecule has 1 saturated heterocycles. The van der Waals surface area contributed by atoms with Crippen molar-refractivity contribution < 1.29 is 14.3 Å². The van der Waals surface area contributed by atoms with Crippen molar-refractivity contribution in [2.24, 2.45) is 5.92 Å². The van der Waals surface area contributed by atoms with E-state index in [1.807, 2.05) is 31.2 Å². The van der Waals surface area contributed by atoms with E-state index in [9.17, 15) is 9.59 Å². The van der Waals surface area contributed by atoms with Crippen LogP contribution in [0.5, 0.6) is 5.75 Å². The van der Waals surface area contributed by atoms with Gasteiger partial charge in [-0.25, -0.2) is 4.79 Å². The Kier molecular flexibility index (Phi) is 5.20. The fourth-order valence-corrected chi connectivity index (χ4v) is 2.19. The smallest absolute Gasteiger partial charge is 0.324 e. The van der Waals surface area contributed by atoms with Crippen molar-refractivity contribution in [3.63, 3.8) is 0 Å². The highest BCUT2D eigenvalue weighted by atomic mass is 16.5. The summed E-state index contributed by atoms with van der Waals surface area (Å²) in [6, 6.07) is 7.43. The molecule has 1 N–H and O–H groups in total. The monoisotopic (exact) mass is 290 g/mol. The molecule has 1 aromatic carbocycles. The van der Waals surface area contributed by atoms with Gasteiger partial charge in [-0.1, -0.05) is 32.4 Å². The summed E-state index contributed by atoms with van der Waals surface area (Å²) in [6.45, 7) is 5.63. The number of unbranched alkanes of at least 4 members (excludes halogenated alkanes) is 1. The fourth-order valence-electron chi connectivity index (χ4n) is 2.19. The van der Waals surface area contributed by atoms with Crippen molar-refractivity contribution in [3.8, 4) is 5.75 Å². The van der Waals surface area contributed by atoms with Crippen LogP contribution in [0.1, 0.15) is 32.3 Å². The molecule has 0 spiro atoms. The summed E-state index contributed by atoms with van der Waals surface area (Å²) in [6.07, 6.45) is 2.15. The molecule has 0 bridgehead atoms. The Balaban J connectivity index is 1.90. The van der Waals surface area contributed by atoms with Crippen LogP contribution in [0, 0.1) is 5.92 Å². The zero-order chi connectivity index (χ0) is 15.2. The van der Waals surface area contributed by atoms with E-state index < -0.39 is 0 Å². The largest absolute Gasteiger partial charge is 0.494 e. The maximum Gasteiger partial charge on any atom is 0.324 e. The molecule has 21 heavy (non-hydrogen) atoms. The van der Waals surface area contributed by atoms with Gasteiger partial charge in [-0.05, 0) is 24.1 Å². The molecule has 0 radical (unpaired) electrons. The van der Waals surface area contributed by atoms with Crippen molar-refractivity contribution in [2.75, 3.05) is 13.2 Å². The zero-order valence-corrected chi connectivity index (χ0v) is 12.6. The van der Waals surface area contributed by atoms with Gasteiger partial charge in [0, 0.05) is 13.1 Å². The second-order valence-electron chi connectivity index (χ2n) is 5.42. The van der Waals surface area contributed by atoms with Gasteiger partial charge in [-0.2, -0.15) is 0 Å². The lowest BCUT2D eigenvalue weighted by Gasteiger charge is -2.30. The van der Waals surface area contributed by atoms with Crippen molar-refractivity contribution >= 4 is 11.9 Å². The number of amides is 3. The molecular weight excluding hydrogens is 268 g/mol. The molecular formula is C16H22N2O3. The Labute approximate surface area is 125 Å². The number of imide groups is 1. The normalized spacial score (nSPS) is 18.6. The minimum atomic E-state index is -0.318. The van der Waals surface area contributed by atoms with Crippen LogP contribution in [0.2, 0.25) is 0 Å². The van der Waals surface area contributed by atoms with Crippen LogP contribution >= 0.6 is 0 Å². The van der Waals surface area contributed by atoms with E-state index in [1.165, 1.54) is 0 Å². The molecule has 0 aliphatic carbocycles. The summed E-state index contributed by atoms with van der Waals surface area (Å²) in [5.74, 6) is 0.481. The number of benzene rings is 1. The van der Waals surface area contributed by atoms with E-state index >= 15 is 0 Å². The third-order valence-corrected chi connectivity index (χ3v) is 3.52. The van der Waals surface area contributed by atoms with E-state index in [-0.39, 0.29) is 17.9 Å². The van der Waals surface area contributed by atoms with Crippen LogP contribution in [0.3, 0.4) is 0 Å². The van der Waals surface area contributed by atoms with Gasteiger partial charge in [0.25, 0.3) is 0 Å². The highest BCUT2D eigenvalue weighted by molar-refractivity contribution is 5.97. The number of carbonyl (C=O) groups excluding carboxylic acids is 2. The van der Waals surface area contributed by atoms with Gasteiger partial charge in [0.1, 0.15) is 5.75 Å². The van der Waals surface area contributed by atoms with Crippen LogP contribution in [0.25, 0.3) is 0 Å². The molecule has 0 aromatic heterocycles. The average Bonchev–Trinajstić information content (AvgIpc) is 2.47. The molecule has 1 unspecified atom stereocenters. The van der Waals surface area contributed by atoms with Crippen LogP contribution < -0.4 is 10.1 Å². The Morgan fingerprint density at radius 2 is 2.00 bits per heavy atom. The molecule has 1 aromatic rings. The van der Waals surface area contributed by atoms with E-state index in [2.05, 4.69) is 12.2 Å². The fraction of sp³-hybridized carbons (Fsp3) is 0.500. The molecule has 2 rings (SSSR count). The second-order valence-corrected chi connectivity index (χ2v) is 5.42. The Morgan fingerprint density at radius 3 is 2.67 bits per heavy atom. The number of rotatable bonds is 6. The topological polar surface area (TPSA) is 58.6 Å². The first kappa shape index (κ1) is 15.4. The van der Waals surface area contributed by atoms with Crippen molar-refractivity contribution in [1.82, 2.24) is 10.2 Å². The molecule has 1 atom stereocenters. The predicted octanol–water partition coefficient (Wildman–Crippen LogP) is 2.55. The molecule has 0 saturated carbocycles. The van der Waals surface area contributed by atoms with E-state index in [1.54, 1.807) is 4.90 Å². The first-order valence-electron chi connectivity index (χ1n) is 7.41. The van der Waals surface area contributed by atoms with E-state index in [0.29, 0.717) is 13.1 Å². The highest BCUT2D eigenvalue weighted by Gasteiger charge is 2.28.